The van der Waals surface area contributed by atoms with Crippen LogP contribution >= 0.6 is 11.3 Å². The van der Waals surface area contributed by atoms with E-state index in [9.17, 15) is 4.91 Å². The molecular formula is C15H11N3OS. The van der Waals surface area contributed by atoms with Gasteiger partial charge in [-0.25, -0.2) is 0 Å². The average Bonchev–Trinajstić information content (AvgIpc) is 2.93. The third-order valence-corrected chi connectivity index (χ3v) is 3.73. The lowest BCUT2D eigenvalue weighted by atomic mass is 10.1. The number of hydrogen-bond donors (Lipinski definition) is 0. The van der Waals surface area contributed by atoms with E-state index in [-0.39, 0.29) is 0 Å². The number of aromatic nitrogens is 1. The van der Waals surface area contributed by atoms with E-state index in [2.05, 4.69) is 10.4 Å². The van der Waals surface area contributed by atoms with E-state index >= 15 is 0 Å². The highest BCUT2D eigenvalue weighted by Gasteiger charge is 2.09. The highest BCUT2D eigenvalue weighted by molar-refractivity contribution is 7.07. The summed E-state index contributed by atoms with van der Waals surface area (Å²) >= 11 is 1.39. The predicted molar refractivity (Wildman–Crippen MR) is 80.4 cm³/mol. The molecule has 4 nitrogen and oxygen atoms in total. The molecule has 1 aromatic heterocycles. The van der Waals surface area contributed by atoms with Gasteiger partial charge in [0.2, 0.25) is 4.80 Å². The molecule has 5 heteroatoms. The normalized spacial score (nSPS) is 11.5. The van der Waals surface area contributed by atoms with E-state index in [0.29, 0.717) is 4.80 Å². The van der Waals surface area contributed by atoms with Crippen LogP contribution in [0.3, 0.4) is 0 Å². The van der Waals surface area contributed by atoms with E-state index in [4.69, 9.17) is 0 Å². The summed E-state index contributed by atoms with van der Waals surface area (Å²) in [5.41, 5.74) is 3.01. The summed E-state index contributed by atoms with van der Waals surface area (Å²) < 4.78 is 1.93. The average molecular weight is 281 g/mol. The first kappa shape index (κ1) is 12.5. The lowest BCUT2D eigenvalue weighted by Crippen LogP contribution is -2.13. The summed E-state index contributed by atoms with van der Waals surface area (Å²) in [4.78, 5) is 11.0. The molecule has 3 aromatic rings. The topological polar surface area (TPSA) is 46.7 Å². The van der Waals surface area contributed by atoms with E-state index < -0.39 is 0 Å². The Labute approximate surface area is 119 Å². The van der Waals surface area contributed by atoms with Crippen LogP contribution in [-0.2, 0) is 0 Å². The van der Waals surface area contributed by atoms with Gasteiger partial charge in [-0.15, -0.1) is 16.2 Å². The molecule has 1 heterocycles. The summed E-state index contributed by atoms with van der Waals surface area (Å²) in [6.07, 6.45) is 0. The summed E-state index contributed by atoms with van der Waals surface area (Å²) in [6.45, 7) is 0. The largest absolute Gasteiger partial charge is 0.284 e. The Hall–Kier alpha value is -2.53. The number of nitroso groups, excluding NO2 is 1. The van der Waals surface area contributed by atoms with Crippen LogP contribution in [0.5, 0.6) is 0 Å². The molecule has 2 aromatic carbocycles. The van der Waals surface area contributed by atoms with Crippen molar-refractivity contribution in [2.75, 3.05) is 0 Å². The lowest BCUT2D eigenvalue weighted by Gasteiger charge is -2.08. The zero-order valence-corrected chi connectivity index (χ0v) is 11.3. The number of rotatable bonds is 3. The molecule has 0 bridgehead atoms. The zero-order valence-electron chi connectivity index (χ0n) is 10.5. The van der Waals surface area contributed by atoms with Gasteiger partial charge in [0.15, 0.2) is 0 Å². The maximum Gasteiger partial charge on any atom is 0.219 e. The summed E-state index contributed by atoms with van der Waals surface area (Å²) in [5.74, 6) is 0. The van der Waals surface area contributed by atoms with Gasteiger partial charge in [-0.3, -0.25) is 4.57 Å². The van der Waals surface area contributed by atoms with Crippen LogP contribution in [0.1, 0.15) is 0 Å². The summed E-state index contributed by atoms with van der Waals surface area (Å²) in [7, 11) is 0. The molecule has 0 fully saturated rings. The van der Waals surface area contributed by atoms with Crippen molar-refractivity contribution >= 4 is 11.3 Å². The number of hydrogen-bond acceptors (Lipinski definition) is 3. The molecule has 98 valence electrons. The molecule has 0 unspecified atom stereocenters. The molecule has 3 rings (SSSR count). The van der Waals surface area contributed by atoms with Gasteiger partial charge in [-0.2, -0.15) is 0 Å². The second-order valence-corrected chi connectivity index (χ2v) is 4.96. The minimum absolute atomic E-state index is 0.560. The quantitative estimate of drug-likeness (QED) is 0.532. The van der Waals surface area contributed by atoms with Crippen LogP contribution in [0.2, 0.25) is 0 Å². The van der Waals surface area contributed by atoms with Crippen LogP contribution < -0.4 is 4.80 Å². The van der Waals surface area contributed by atoms with E-state index in [1.165, 1.54) is 11.3 Å². The molecule has 20 heavy (non-hydrogen) atoms. The Morgan fingerprint density at radius 2 is 1.55 bits per heavy atom. The minimum Gasteiger partial charge on any atom is -0.284 e. The van der Waals surface area contributed by atoms with Gasteiger partial charge in [-0.1, -0.05) is 53.6 Å². The van der Waals surface area contributed by atoms with Crippen LogP contribution in [0, 0.1) is 4.91 Å². The molecular weight excluding hydrogens is 270 g/mol. The molecule has 0 atom stereocenters. The first-order valence-electron chi connectivity index (χ1n) is 6.08. The molecule has 0 amide bonds. The molecule has 0 saturated carbocycles. The number of para-hydroxylation sites is 1. The maximum absolute atomic E-state index is 10.5. The molecule has 0 N–H and O–H groups in total. The van der Waals surface area contributed by atoms with Crippen LogP contribution in [0.4, 0.5) is 0 Å². The standard InChI is InChI=1S/C15H11N3OS/c19-17-16-15-18(13-9-5-2-6-10-13)14(11-20-15)12-7-3-1-4-8-12/h1-11H/b16-15+. The molecule has 0 aliphatic rings. The molecule has 0 spiro atoms. The Balaban J connectivity index is 2.28. The molecule has 0 radical (unpaired) electrons. The molecule has 0 aliphatic heterocycles. The van der Waals surface area contributed by atoms with E-state index in [1.54, 1.807) is 0 Å². The van der Waals surface area contributed by atoms with Crippen LogP contribution in [0.25, 0.3) is 16.9 Å². The fourth-order valence-corrected chi connectivity index (χ4v) is 2.90. The zero-order chi connectivity index (χ0) is 13.8. The third kappa shape index (κ3) is 2.31. The Kier molecular flexibility index (Phi) is 3.52. The SMILES string of the molecule is O=N/N=c1/scc(-c2ccccc2)n1-c1ccccc1. The Morgan fingerprint density at radius 3 is 2.20 bits per heavy atom. The van der Waals surface area contributed by atoms with Gasteiger partial charge in [0, 0.05) is 11.1 Å². The Bertz CT molecular complexity index is 776. The first-order valence-corrected chi connectivity index (χ1v) is 6.96. The number of nitrogens with zero attached hydrogens (tertiary/aromatic N) is 3. The second kappa shape index (κ2) is 5.63. The van der Waals surface area contributed by atoms with Crippen LogP contribution in [-0.4, -0.2) is 4.57 Å². The summed E-state index contributed by atoms with van der Waals surface area (Å²) in [5, 5.41) is 8.32. The highest BCUT2D eigenvalue weighted by atomic mass is 32.1. The second-order valence-electron chi connectivity index (χ2n) is 4.12. The maximum atomic E-state index is 10.5. The van der Waals surface area contributed by atoms with Crippen molar-refractivity contribution in [1.29, 1.82) is 0 Å². The van der Waals surface area contributed by atoms with E-state index in [1.807, 2.05) is 70.6 Å². The van der Waals surface area contributed by atoms with Crippen molar-refractivity contribution in [3.63, 3.8) is 0 Å². The van der Waals surface area contributed by atoms with Gasteiger partial charge in [0.25, 0.3) is 0 Å². The van der Waals surface area contributed by atoms with Crippen molar-refractivity contribution in [2.45, 2.75) is 0 Å². The van der Waals surface area contributed by atoms with Gasteiger partial charge < -0.3 is 0 Å². The van der Waals surface area contributed by atoms with Gasteiger partial charge in [0.05, 0.1) is 11.0 Å². The van der Waals surface area contributed by atoms with Crippen molar-refractivity contribution in [1.82, 2.24) is 4.57 Å². The summed E-state index contributed by atoms with van der Waals surface area (Å²) in [6, 6.07) is 19.8. The number of thiazole rings is 1. The highest BCUT2D eigenvalue weighted by Crippen LogP contribution is 2.22. The molecule has 0 saturated heterocycles. The van der Waals surface area contributed by atoms with Crippen molar-refractivity contribution in [3.05, 3.63) is 75.8 Å². The van der Waals surface area contributed by atoms with Crippen LogP contribution in [0.15, 0.2) is 76.4 Å². The van der Waals surface area contributed by atoms with Crippen molar-refractivity contribution in [2.24, 2.45) is 10.4 Å². The fourth-order valence-electron chi connectivity index (χ4n) is 2.05. The first-order chi connectivity index (χ1) is 9.90. The lowest BCUT2D eigenvalue weighted by molar-refractivity contribution is 0.966. The van der Waals surface area contributed by atoms with Crippen molar-refractivity contribution < 1.29 is 0 Å². The van der Waals surface area contributed by atoms with Gasteiger partial charge >= 0.3 is 0 Å². The monoisotopic (exact) mass is 281 g/mol. The smallest absolute Gasteiger partial charge is 0.219 e. The minimum atomic E-state index is 0.560. The van der Waals surface area contributed by atoms with Gasteiger partial charge in [-0.05, 0) is 17.7 Å². The number of benzene rings is 2. The van der Waals surface area contributed by atoms with E-state index in [0.717, 1.165) is 16.9 Å². The Morgan fingerprint density at radius 1 is 0.900 bits per heavy atom. The van der Waals surface area contributed by atoms with Gasteiger partial charge in [0.1, 0.15) is 0 Å². The predicted octanol–water partition coefficient (Wildman–Crippen LogP) is 3.79. The molecule has 0 aliphatic carbocycles. The third-order valence-electron chi connectivity index (χ3n) is 2.92. The fraction of sp³-hybridized carbons (Fsp3) is 0. The van der Waals surface area contributed by atoms with Crippen molar-refractivity contribution in [3.8, 4) is 16.9 Å².